The summed E-state index contributed by atoms with van der Waals surface area (Å²) in [6.07, 6.45) is 5.77. The van der Waals surface area contributed by atoms with Crippen LogP contribution >= 0.6 is 23.2 Å². The number of nitrogens with zero attached hydrogens (tertiary/aromatic N) is 9. The molecule has 4 saturated heterocycles. The van der Waals surface area contributed by atoms with Gasteiger partial charge in [0.1, 0.15) is 23.7 Å². The average Bonchev–Trinajstić information content (AvgIpc) is 3.96. The minimum Gasteiger partial charge on any atom is -0.489 e. The van der Waals surface area contributed by atoms with Gasteiger partial charge in [0.2, 0.25) is 20.0 Å². The van der Waals surface area contributed by atoms with Gasteiger partial charge in [-0.05, 0) is 48.9 Å². The molecule has 2 aromatic heterocycles. The van der Waals surface area contributed by atoms with Crippen molar-refractivity contribution in [2.75, 3.05) is 107 Å². The summed E-state index contributed by atoms with van der Waals surface area (Å²) < 4.78 is 75.7. The summed E-state index contributed by atoms with van der Waals surface area (Å²) in [5, 5.41) is 9.33. The van der Waals surface area contributed by atoms with Crippen molar-refractivity contribution in [1.29, 1.82) is 0 Å². The van der Waals surface area contributed by atoms with Crippen LogP contribution in [0.4, 0.5) is 21.2 Å². The second-order valence-corrected chi connectivity index (χ2v) is 21.9. The number of likely N-dealkylation sites (tertiary alicyclic amines) is 1. The van der Waals surface area contributed by atoms with Gasteiger partial charge in [0, 0.05) is 122 Å². The number of carbonyl (C=O) groups excluding carboxylic acids is 2. The smallest absolute Gasteiger partial charge is 0.344 e. The molecule has 2 N–H and O–H groups in total. The largest absolute Gasteiger partial charge is 0.489 e. The van der Waals surface area contributed by atoms with E-state index in [9.17, 15) is 26.4 Å². The van der Waals surface area contributed by atoms with Crippen LogP contribution in [0.1, 0.15) is 30.4 Å². The zero-order valence-corrected chi connectivity index (χ0v) is 40.6. The molecule has 2 atom stereocenters. The van der Waals surface area contributed by atoms with Crippen LogP contribution in [0.25, 0.3) is 0 Å². The molecule has 20 nitrogen and oxygen atoms in total. The highest BCUT2D eigenvalue weighted by atomic mass is 35.5. The van der Waals surface area contributed by atoms with Gasteiger partial charge in [0.25, 0.3) is 0 Å². The molecular formula is C43H57Cl2N11O9S2. The van der Waals surface area contributed by atoms with Crippen molar-refractivity contribution in [3.63, 3.8) is 0 Å². The number of sulfonamides is 2. The quantitative estimate of drug-likeness (QED) is 0.183. The van der Waals surface area contributed by atoms with Gasteiger partial charge in [-0.15, -0.1) is 10.2 Å². The molecule has 0 aliphatic carbocycles. The Bertz CT molecular complexity index is 2600. The van der Waals surface area contributed by atoms with E-state index in [0.717, 1.165) is 34.9 Å². The Morgan fingerprint density at radius 1 is 0.701 bits per heavy atom. The van der Waals surface area contributed by atoms with E-state index in [0.29, 0.717) is 120 Å². The molecule has 6 heterocycles. The molecule has 2 unspecified atom stereocenters. The van der Waals surface area contributed by atoms with Gasteiger partial charge in [-0.25, -0.2) is 26.4 Å². The summed E-state index contributed by atoms with van der Waals surface area (Å²) in [5.41, 5.74) is 2.01. The number of benzene rings is 2. The molecule has 4 fully saturated rings. The molecule has 24 heteroatoms. The standard InChI is InChI=1S/C43H57Cl2N11O9S2/c1-50-12-7-37(65-39-26-32(4-6-36(39)45)28-52-17-19-53(20-18-52)42(57)55-13-8-40(46-55)48-66(2,59)60)33(29-50)30-67(61,62)49-41-9-14-56(47-41)43(58)54-21-15-51(16-22-54)27-31-3-5-35(44)38(25-31)64-34-10-23-63-24-11-34/h3-6,8-9,13-14,25-26,33-34,37H,7,10-12,15-24,27-30H2,1-2H3,(H,46,48)(H,47,49). The number of nitrogens with one attached hydrogen (secondary N) is 2. The Hall–Kier alpha value is -4.68. The number of hydrogen-bond acceptors (Lipinski definition) is 14. The van der Waals surface area contributed by atoms with Gasteiger partial charge in [0.05, 0.1) is 35.3 Å². The fourth-order valence-electron chi connectivity index (χ4n) is 8.76. The summed E-state index contributed by atoms with van der Waals surface area (Å²) in [4.78, 5) is 36.4. The van der Waals surface area contributed by atoms with E-state index in [1.807, 2.05) is 37.4 Å². The molecule has 2 aromatic carbocycles. The first-order chi connectivity index (χ1) is 32.0. The third-order valence-corrected chi connectivity index (χ3v) is 14.8. The molecule has 0 bridgehead atoms. The lowest BCUT2D eigenvalue weighted by Crippen LogP contribution is -2.49. The maximum Gasteiger partial charge on any atom is 0.344 e. The van der Waals surface area contributed by atoms with Crippen LogP contribution < -0.4 is 18.9 Å². The van der Waals surface area contributed by atoms with Crippen LogP contribution in [0.15, 0.2) is 60.9 Å². The van der Waals surface area contributed by atoms with Crippen LogP contribution in [0, 0.1) is 5.92 Å². The number of ether oxygens (including phenoxy) is 3. The van der Waals surface area contributed by atoms with Crippen molar-refractivity contribution in [2.45, 2.75) is 44.6 Å². The van der Waals surface area contributed by atoms with E-state index in [1.165, 1.54) is 29.2 Å². The minimum atomic E-state index is -3.93. The van der Waals surface area contributed by atoms with Crippen LogP contribution in [0.3, 0.4) is 0 Å². The normalized spacial score (nSPS) is 20.7. The second kappa shape index (κ2) is 21.3. The maximum atomic E-state index is 13.7. The summed E-state index contributed by atoms with van der Waals surface area (Å²) in [6.45, 7) is 8.10. The van der Waals surface area contributed by atoms with E-state index in [-0.39, 0.29) is 35.6 Å². The SMILES string of the molecule is CN1CCC(Oc2cc(CN3CCN(C(=O)n4ccc(NS(C)(=O)=O)n4)CC3)ccc2Cl)C(CS(=O)(=O)Nc2ccn(C(=O)N3CCN(Cc4ccc(Cl)c(OC5CCOCC5)c4)CC3)n2)C1. The first-order valence-electron chi connectivity index (χ1n) is 22.3. The number of rotatable bonds is 14. The highest BCUT2D eigenvalue weighted by molar-refractivity contribution is 7.92. The lowest BCUT2D eigenvalue weighted by atomic mass is 9.96. The summed E-state index contributed by atoms with van der Waals surface area (Å²) in [6, 6.07) is 13.6. The summed E-state index contributed by atoms with van der Waals surface area (Å²) >= 11 is 13.1. The molecule has 67 heavy (non-hydrogen) atoms. The first-order valence-corrected chi connectivity index (χ1v) is 26.6. The minimum absolute atomic E-state index is 0.0495. The van der Waals surface area contributed by atoms with E-state index in [1.54, 1.807) is 15.9 Å². The molecular weight excluding hydrogens is 950 g/mol. The number of hydrogen-bond donors (Lipinski definition) is 2. The Morgan fingerprint density at radius 2 is 1.21 bits per heavy atom. The van der Waals surface area contributed by atoms with Crippen molar-refractivity contribution < 1.29 is 40.6 Å². The molecule has 0 radical (unpaired) electrons. The number of carbonyl (C=O) groups is 2. The van der Waals surface area contributed by atoms with Crippen molar-refractivity contribution in [3.8, 4) is 11.5 Å². The third-order valence-electron chi connectivity index (χ3n) is 12.3. The zero-order chi connectivity index (χ0) is 47.3. The van der Waals surface area contributed by atoms with E-state index < -0.39 is 32.1 Å². The highest BCUT2D eigenvalue weighted by Crippen LogP contribution is 2.32. The van der Waals surface area contributed by atoms with Crippen molar-refractivity contribution in [2.24, 2.45) is 5.92 Å². The predicted octanol–water partition coefficient (Wildman–Crippen LogP) is 4.03. The Morgan fingerprint density at radius 3 is 1.73 bits per heavy atom. The number of anilines is 2. The molecule has 8 rings (SSSR count). The molecule has 4 aliphatic rings. The lowest BCUT2D eigenvalue weighted by molar-refractivity contribution is 0.0255. The predicted molar refractivity (Wildman–Crippen MR) is 253 cm³/mol. The van der Waals surface area contributed by atoms with Gasteiger partial charge in [-0.2, -0.15) is 9.36 Å². The summed E-state index contributed by atoms with van der Waals surface area (Å²) in [5.74, 6) is 0.602. The van der Waals surface area contributed by atoms with Crippen molar-refractivity contribution in [1.82, 2.24) is 44.1 Å². The third kappa shape index (κ3) is 13.3. The maximum absolute atomic E-state index is 13.7. The zero-order valence-electron chi connectivity index (χ0n) is 37.5. The van der Waals surface area contributed by atoms with Crippen molar-refractivity contribution >= 4 is 66.9 Å². The van der Waals surface area contributed by atoms with Gasteiger partial charge < -0.3 is 28.9 Å². The molecule has 4 aromatic rings. The Kier molecular flexibility index (Phi) is 15.5. The number of amides is 2. The topological polar surface area (TPSA) is 206 Å². The lowest BCUT2D eigenvalue weighted by Gasteiger charge is -2.37. The van der Waals surface area contributed by atoms with Crippen molar-refractivity contribution in [3.05, 3.63) is 82.1 Å². The van der Waals surface area contributed by atoms with Gasteiger partial charge in [-0.1, -0.05) is 35.3 Å². The van der Waals surface area contributed by atoms with Crippen LogP contribution in [-0.2, 0) is 37.9 Å². The molecule has 2 amide bonds. The van der Waals surface area contributed by atoms with Gasteiger partial charge in [-0.3, -0.25) is 19.2 Å². The van der Waals surface area contributed by atoms with E-state index in [2.05, 4.69) is 34.3 Å². The number of halogens is 2. The average molecular weight is 1010 g/mol. The van der Waals surface area contributed by atoms with Gasteiger partial charge in [0.15, 0.2) is 11.6 Å². The van der Waals surface area contributed by atoms with Crippen LogP contribution in [0.5, 0.6) is 11.5 Å². The van der Waals surface area contributed by atoms with E-state index in [4.69, 9.17) is 37.4 Å². The second-order valence-electron chi connectivity index (χ2n) is 17.6. The molecule has 0 saturated carbocycles. The molecule has 364 valence electrons. The number of piperazine rings is 2. The Labute approximate surface area is 401 Å². The summed E-state index contributed by atoms with van der Waals surface area (Å²) in [7, 11) is -5.51. The molecule has 4 aliphatic heterocycles. The van der Waals surface area contributed by atoms with Gasteiger partial charge >= 0.3 is 12.1 Å². The molecule has 0 spiro atoms. The number of aromatic nitrogens is 4. The highest BCUT2D eigenvalue weighted by Gasteiger charge is 2.35. The monoisotopic (exact) mass is 1010 g/mol. The van der Waals surface area contributed by atoms with Crippen LogP contribution in [0.2, 0.25) is 10.0 Å². The Balaban J connectivity index is 0.810. The fraction of sp³-hybridized carbons (Fsp3) is 0.535. The van der Waals surface area contributed by atoms with Crippen LogP contribution in [-0.4, -0.2) is 183 Å². The van der Waals surface area contributed by atoms with E-state index >= 15 is 0 Å². The first kappa shape index (κ1) is 48.8. The fourth-order valence-corrected chi connectivity index (χ4v) is 11.0. The number of piperidine rings is 1.